The van der Waals surface area contributed by atoms with E-state index in [9.17, 15) is 18.4 Å². The van der Waals surface area contributed by atoms with E-state index in [0.717, 1.165) is 31.0 Å². The lowest BCUT2D eigenvalue weighted by Crippen LogP contribution is -2.24. The van der Waals surface area contributed by atoms with Gasteiger partial charge in [0.05, 0.1) is 12.8 Å². The molecule has 1 unspecified atom stereocenters. The molecule has 134 valence electrons. The van der Waals surface area contributed by atoms with Gasteiger partial charge in [0.25, 0.3) is 0 Å². The van der Waals surface area contributed by atoms with E-state index < -0.39 is 23.6 Å². The van der Waals surface area contributed by atoms with Gasteiger partial charge in [0.15, 0.2) is 0 Å². The molecule has 24 heavy (non-hydrogen) atoms. The summed E-state index contributed by atoms with van der Waals surface area (Å²) in [7, 11) is 0. The summed E-state index contributed by atoms with van der Waals surface area (Å²) in [5.41, 5.74) is -0.0475. The lowest BCUT2D eigenvalue weighted by molar-refractivity contribution is -0.156. The number of carbonyl (C=O) groups is 2. The van der Waals surface area contributed by atoms with Crippen LogP contribution in [0.25, 0.3) is 0 Å². The van der Waals surface area contributed by atoms with Gasteiger partial charge in [0.1, 0.15) is 24.3 Å². The quantitative estimate of drug-likeness (QED) is 0.633. The summed E-state index contributed by atoms with van der Waals surface area (Å²) in [6.45, 7) is 5.57. The minimum atomic E-state index is -0.660. The number of hydrogen-bond acceptors (Lipinski definition) is 4. The first-order chi connectivity index (χ1) is 11.3. The second-order valence-corrected chi connectivity index (χ2v) is 5.96. The number of carbonyl (C=O) groups excluding carboxylic acids is 2. The third kappa shape index (κ3) is 7.06. The van der Waals surface area contributed by atoms with Crippen molar-refractivity contribution in [3.8, 4) is 0 Å². The molecule has 1 rings (SSSR count). The molecule has 0 aliphatic rings. The van der Waals surface area contributed by atoms with Crippen LogP contribution in [-0.4, -0.2) is 18.0 Å². The Bertz CT molecular complexity index is 558. The van der Waals surface area contributed by atoms with Gasteiger partial charge in [-0.2, -0.15) is 0 Å². The summed E-state index contributed by atoms with van der Waals surface area (Å²) in [6, 6.07) is 2.92. The fourth-order valence-electron chi connectivity index (χ4n) is 2.13. The minimum absolute atomic E-state index is 0.0475. The molecular formula is C18H24F2O4. The Kier molecular flexibility index (Phi) is 8.36. The number of rotatable bonds is 9. The normalized spacial score (nSPS) is 12.1. The molecular weight excluding hydrogens is 318 g/mol. The van der Waals surface area contributed by atoms with E-state index in [2.05, 4.69) is 0 Å². The van der Waals surface area contributed by atoms with Crippen LogP contribution in [-0.2, 0) is 25.7 Å². The molecule has 0 aromatic heterocycles. The van der Waals surface area contributed by atoms with Crippen molar-refractivity contribution >= 4 is 11.9 Å². The Hall–Kier alpha value is -1.98. The van der Waals surface area contributed by atoms with E-state index in [0.29, 0.717) is 0 Å². The molecule has 0 N–H and O–H groups in total. The molecule has 0 amide bonds. The molecule has 1 aromatic carbocycles. The maximum Gasteiger partial charge on any atom is 0.306 e. The van der Waals surface area contributed by atoms with Crippen LogP contribution < -0.4 is 0 Å². The zero-order chi connectivity index (χ0) is 18.1. The number of halogens is 2. The highest BCUT2D eigenvalue weighted by Crippen LogP contribution is 2.15. The number of esters is 2. The van der Waals surface area contributed by atoms with Crippen LogP contribution in [0.2, 0.25) is 0 Å². The van der Waals surface area contributed by atoms with Crippen LogP contribution >= 0.6 is 0 Å². The number of ether oxygens (including phenoxy) is 2. The van der Waals surface area contributed by atoms with Gasteiger partial charge in [-0.15, -0.1) is 0 Å². The SMILES string of the molecule is CCCC(OC(=O)CCC(=O)OCc1cc(F)ccc1F)C(C)C. The van der Waals surface area contributed by atoms with E-state index >= 15 is 0 Å². The summed E-state index contributed by atoms with van der Waals surface area (Å²) < 4.78 is 36.6. The first-order valence-corrected chi connectivity index (χ1v) is 8.12. The molecule has 1 atom stereocenters. The number of hydrogen-bond donors (Lipinski definition) is 0. The monoisotopic (exact) mass is 342 g/mol. The van der Waals surface area contributed by atoms with Crippen molar-refractivity contribution in [1.29, 1.82) is 0 Å². The van der Waals surface area contributed by atoms with E-state index in [1.807, 2.05) is 20.8 Å². The topological polar surface area (TPSA) is 52.6 Å². The lowest BCUT2D eigenvalue weighted by Gasteiger charge is -2.20. The summed E-state index contributed by atoms with van der Waals surface area (Å²) in [5, 5.41) is 0. The van der Waals surface area contributed by atoms with Crippen molar-refractivity contribution in [2.45, 2.75) is 59.2 Å². The second-order valence-electron chi connectivity index (χ2n) is 5.96. The Morgan fingerprint density at radius 1 is 1.12 bits per heavy atom. The Morgan fingerprint density at radius 3 is 2.42 bits per heavy atom. The molecule has 0 spiro atoms. The highest BCUT2D eigenvalue weighted by atomic mass is 19.1. The maximum atomic E-state index is 13.4. The maximum absolute atomic E-state index is 13.4. The molecule has 0 aliphatic carbocycles. The van der Waals surface area contributed by atoms with Crippen LogP contribution in [0.5, 0.6) is 0 Å². The van der Waals surface area contributed by atoms with Crippen molar-refractivity contribution < 1.29 is 27.8 Å². The molecule has 0 saturated heterocycles. The molecule has 1 aromatic rings. The zero-order valence-corrected chi connectivity index (χ0v) is 14.3. The predicted octanol–water partition coefficient (Wildman–Crippen LogP) is 4.16. The second kappa shape index (κ2) is 10.0. The van der Waals surface area contributed by atoms with E-state index in [-0.39, 0.29) is 37.0 Å². The van der Waals surface area contributed by atoms with E-state index in [1.54, 1.807) is 0 Å². The van der Waals surface area contributed by atoms with Crippen LogP contribution in [0.1, 0.15) is 52.0 Å². The first-order valence-electron chi connectivity index (χ1n) is 8.12. The zero-order valence-electron chi connectivity index (χ0n) is 14.3. The molecule has 0 saturated carbocycles. The summed E-state index contributed by atoms with van der Waals surface area (Å²) in [4.78, 5) is 23.4. The fourth-order valence-corrected chi connectivity index (χ4v) is 2.13. The largest absolute Gasteiger partial charge is 0.462 e. The molecule has 0 radical (unpaired) electrons. The smallest absolute Gasteiger partial charge is 0.306 e. The predicted molar refractivity (Wildman–Crippen MR) is 85.0 cm³/mol. The molecule has 4 nitrogen and oxygen atoms in total. The Morgan fingerprint density at radius 2 is 1.79 bits per heavy atom. The summed E-state index contributed by atoms with van der Waals surface area (Å²) >= 11 is 0. The van der Waals surface area contributed by atoms with Gasteiger partial charge in [-0.05, 0) is 30.5 Å². The lowest BCUT2D eigenvalue weighted by atomic mass is 10.0. The van der Waals surface area contributed by atoms with E-state index in [1.165, 1.54) is 0 Å². The van der Waals surface area contributed by atoms with Crippen molar-refractivity contribution in [3.63, 3.8) is 0 Å². The fraction of sp³-hybridized carbons (Fsp3) is 0.556. The Balaban J connectivity index is 2.37. The van der Waals surface area contributed by atoms with Gasteiger partial charge in [0, 0.05) is 5.56 Å². The third-order valence-electron chi connectivity index (χ3n) is 3.53. The van der Waals surface area contributed by atoms with E-state index in [4.69, 9.17) is 9.47 Å². The summed E-state index contributed by atoms with van der Waals surface area (Å²) in [6.07, 6.45) is 1.24. The minimum Gasteiger partial charge on any atom is -0.462 e. The molecule has 0 heterocycles. The standard InChI is InChI=1S/C18H24F2O4/c1-4-5-16(12(2)3)24-18(22)9-8-17(21)23-11-13-10-14(19)6-7-15(13)20/h6-7,10,12,16H,4-5,8-9,11H2,1-3H3. The van der Waals surface area contributed by atoms with Crippen molar-refractivity contribution in [2.24, 2.45) is 5.92 Å². The van der Waals surface area contributed by atoms with Crippen molar-refractivity contribution in [3.05, 3.63) is 35.4 Å². The molecule has 6 heteroatoms. The van der Waals surface area contributed by atoms with Gasteiger partial charge in [-0.25, -0.2) is 8.78 Å². The molecule has 0 fully saturated rings. The Labute approximate surface area is 141 Å². The summed E-state index contributed by atoms with van der Waals surface area (Å²) in [5.74, 6) is -2.18. The highest BCUT2D eigenvalue weighted by molar-refractivity contribution is 5.77. The van der Waals surface area contributed by atoms with Crippen LogP contribution in [0.15, 0.2) is 18.2 Å². The van der Waals surface area contributed by atoms with Crippen molar-refractivity contribution in [2.75, 3.05) is 0 Å². The third-order valence-corrected chi connectivity index (χ3v) is 3.53. The molecule has 0 bridgehead atoms. The van der Waals surface area contributed by atoms with Gasteiger partial charge < -0.3 is 9.47 Å². The van der Waals surface area contributed by atoms with Crippen LogP contribution in [0.4, 0.5) is 8.78 Å². The van der Waals surface area contributed by atoms with Gasteiger partial charge in [-0.1, -0.05) is 27.2 Å². The van der Waals surface area contributed by atoms with Gasteiger partial charge in [0.2, 0.25) is 0 Å². The molecule has 0 aliphatic heterocycles. The highest BCUT2D eigenvalue weighted by Gasteiger charge is 2.18. The van der Waals surface area contributed by atoms with Gasteiger partial charge >= 0.3 is 11.9 Å². The first kappa shape index (κ1) is 20.1. The van der Waals surface area contributed by atoms with Crippen LogP contribution in [0.3, 0.4) is 0 Å². The van der Waals surface area contributed by atoms with Crippen molar-refractivity contribution in [1.82, 2.24) is 0 Å². The average molecular weight is 342 g/mol. The van der Waals surface area contributed by atoms with Gasteiger partial charge in [-0.3, -0.25) is 9.59 Å². The van der Waals surface area contributed by atoms with Crippen LogP contribution in [0, 0.1) is 17.6 Å². The number of benzene rings is 1. The average Bonchev–Trinajstić information content (AvgIpc) is 2.53.